The highest BCUT2D eigenvalue weighted by molar-refractivity contribution is 5.92. The van der Waals surface area contributed by atoms with Crippen molar-refractivity contribution in [2.24, 2.45) is 0 Å². The van der Waals surface area contributed by atoms with Gasteiger partial charge in [-0.1, -0.05) is 6.07 Å². The summed E-state index contributed by atoms with van der Waals surface area (Å²) in [6, 6.07) is 5.78. The lowest BCUT2D eigenvalue weighted by Gasteiger charge is -2.24. The maximum atomic E-state index is 13.2. The van der Waals surface area contributed by atoms with Gasteiger partial charge in [0.2, 0.25) is 11.8 Å². The molecule has 0 bridgehead atoms. The van der Waals surface area contributed by atoms with E-state index < -0.39 is 5.82 Å². The molecule has 0 aliphatic rings. The van der Waals surface area contributed by atoms with E-state index in [2.05, 4.69) is 5.32 Å². The molecule has 0 unspecified atom stereocenters. The molecule has 1 aromatic carbocycles. The molecule has 0 radical (unpaired) electrons. The number of amides is 2. The number of hydrogen-bond acceptors (Lipinski definition) is 2. The molecule has 20 heavy (non-hydrogen) atoms. The molecule has 0 spiro atoms. The lowest BCUT2D eigenvalue weighted by molar-refractivity contribution is -0.122. The highest BCUT2D eigenvalue weighted by atomic mass is 19.1. The molecule has 2 amide bonds. The topological polar surface area (TPSA) is 49.4 Å². The SMILES string of the molecule is CC(=O)N(CCC(=O)NC(C)(C)C)c1cccc(F)c1. The lowest BCUT2D eigenvalue weighted by Crippen LogP contribution is -2.42. The number of hydrogen-bond donors (Lipinski definition) is 1. The van der Waals surface area contributed by atoms with E-state index in [4.69, 9.17) is 0 Å². The van der Waals surface area contributed by atoms with E-state index in [1.165, 1.54) is 30.0 Å². The number of carbonyl (C=O) groups is 2. The molecule has 0 fully saturated rings. The van der Waals surface area contributed by atoms with Crippen LogP contribution in [-0.2, 0) is 9.59 Å². The third-order valence-electron chi connectivity index (χ3n) is 2.58. The van der Waals surface area contributed by atoms with Gasteiger partial charge in [0, 0.05) is 31.1 Å². The number of nitrogens with one attached hydrogen (secondary N) is 1. The number of nitrogens with zero attached hydrogens (tertiary/aromatic N) is 1. The molecule has 0 saturated heterocycles. The van der Waals surface area contributed by atoms with Crippen molar-refractivity contribution in [3.8, 4) is 0 Å². The largest absolute Gasteiger partial charge is 0.351 e. The van der Waals surface area contributed by atoms with Crippen LogP contribution in [0.5, 0.6) is 0 Å². The first-order chi connectivity index (χ1) is 9.19. The van der Waals surface area contributed by atoms with Gasteiger partial charge >= 0.3 is 0 Å². The number of halogens is 1. The summed E-state index contributed by atoms with van der Waals surface area (Å²) in [7, 11) is 0. The van der Waals surface area contributed by atoms with Crippen molar-refractivity contribution in [3.05, 3.63) is 30.1 Å². The van der Waals surface area contributed by atoms with Gasteiger partial charge in [-0.05, 0) is 39.0 Å². The van der Waals surface area contributed by atoms with E-state index in [1.807, 2.05) is 20.8 Å². The molecule has 0 saturated carbocycles. The molecule has 0 heterocycles. The molecule has 0 aliphatic heterocycles. The summed E-state index contributed by atoms with van der Waals surface area (Å²) >= 11 is 0. The zero-order valence-electron chi connectivity index (χ0n) is 12.4. The fourth-order valence-corrected chi connectivity index (χ4v) is 1.81. The Labute approximate surface area is 119 Å². The minimum Gasteiger partial charge on any atom is -0.351 e. The van der Waals surface area contributed by atoms with Crippen molar-refractivity contribution >= 4 is 17.5 Å². The zero-order valence-corrected chi connectivity index (χ0v) is 12.4. The van der Waals surface area contributed by atoms with Crippen LogP contribution in [0.2, 0.25) is 0 Å². The van der Waals surface area contributed by atoms with Gasteiger partial charge in [0.25, 0.3) is 0 Å². The van der Waals surface area contributed by atoms with Gasteiger partial charge in [-0.3, -0.25) is 9.59 Å². The first-order valence-corrected chi connectivity index (χ1v) is 6.54. The molecule has 1 aromatic rings. The summed E-state index contributed by atoms with van der Waals surface area (Å²) in [5.41, 5.74) is 0.151. The standard InChI is InChI=1S/C15H21FN2O2/c1-11(19)18(13-7-5-6-12(16)10-13)9-8-14(20)17-15(2,3)4/h5-7,10H,8-9H2,1-4H3,(H,17,20). The predicted molar refractivity (Wildman–Crippen MR) is 76.9 cm³/mol. The Balaban J connectivity index is 2.70. The van der Waals surface area contributed by atoms with E-state index in [0.717, 1.165) is 0 Å². The van der Waals surface area contributed by atoms with Crippen molar-refractivity contribution in [2.45, 2.75) is 39.7 Å². The Kier molecular flexibility index (Phi) is 5.25. The summed E-state index contributed by atoms with van der Waals surface area (Å²) in [4.78, 5) is 24.8. The Morgan fingerprint density at radius 3 is 2.45 bits per heavy atom. The smallest absolute Gasteiger partial charge is 0.223 e. The van der Waals surface area contributed by atoms with E-state index in [0.29, 0.717) is 5.69 Å². The summed E-state index contributed by atoms with van der Waals surface area (Å²) in [6.07, 6.45) is 0.174. The average Bonchev–Trinajstić information content (AvgIpc) is 2.26. The van der Waals surface area contributed by atoms with Gasteiger partial charge in [0.05, 0.1) is 0 Å². The Hall–Kier alpha value is -1.91. The molecular formula is C15H21FN2O2. The molecular weight excluding hydrogens is 259 g/mol. The highest BCUT2D eigenvalue weighted by Gasteiger charge is 2.17. The molecule has 110 valence electrons. The second kappa shape index (κ2) is 6.50. The third-order valence-corrected chi connectivity index (χ3v) is 2.58. The minimum atomic E-state index is -0.409. The van der Waals surface area contributed by atoms with Crippen molar-refractivity contribution in [1.29, 1.82) is 0 Å². The van der Waals surface area contributed by atoms with Crippen LogP contribution in [0, 0.1) is 5.82 Å². The van der Waals surface area contributed by atoms with Gasteiger partial charge in [-0.25, -0.2) is 4.39 Å². The quantitative estimate of drug-likeness (QED) is 0.921. The van der Waals surface area contributed by atoms with Gasteiger partial charge < -0.3 is 10.2 Å². The van der Waals surface area contributed by atoms with E-state index in [9.17, 15) is 14.0 Å². The monoisotopic (exact) mass is 280 g/mol. The van der Waals surface area contributed by atoms with Crippen LogP contribution in [0.1, 0.15) is 34.1 Å². The average molecular weight is 280 g/mol. The molecule has 0 atom stereocenters. The van der Waals surface area contributed by atoms with Crippen LogP contribution in [0.4, 0.5) is 10.1 Å². The minimum absolute atomic E-state index is 0.139. The van der Waals surface area contributed by atoms with Crippen LogP contribution in [0.25, 0.3) is 0 Å². The van der Waals surface area contributed by atoms with Gasteiger partial charge in [-0.2, -0.15) is 0 Å². The van der Waals surface area contributed by atoms with Crippen LogP contribution in [0.3, 0.4) is 0 Å². The summed E-state index contributed by atoms with van der Waals surface area (Å²) in [6.45, 7) is 7.29. The van der Waals surface area contributed by atoms with Crippen molar-refractivity contribution in [3.63, 3.8) is 0 Å². The molecule has 0 aromatic heterocycles. The summed E-state index contributed by atoms with van der Waals surface area (Å²) in [5, 5.41) is 2.83. The van der Waals surface area contributed by atoms with Gasteiger partial charge in [-0.15, -0.1) is 0 Å². The van der Waals surface area contributed by atoms with E-state index >= 15 is 0 Å². The van der Waals surface area contributed by atoms with Gasteiger partial charge in [0.15, 0.2) is 0 Å². The molecule has 1 N–H and O–H groups in total. The van der Waals surface area contributed by atoms with E-state index in [1.54, 1.807) is 6.07 Å². The maximum Gasteiger partial charge on any atom is 0.223 e. The Bertz CT molecular complexity index is 495. The third kappa shape index (κ3) is 5.38. The van der Waals surface area contributed by atoms with E-state index in [-0.39, 0.29) is 30.3 Å². The molecule has 4 nitrogen and oxygen atoms in total. The van der Waals surface area contributed by atoms with Crippen LogP contribution >= 0.6 is 0 Å². The van der Waals surface area contributed by atoms with Crippen molar-refractivity contribution < 1.29 is 14.0 Å². The summed E-state index contributed by atoms with van der Waals surface area (Å²) in [5.74, 6) is -0.771. The van der Waals surface area contributed by atoms with Crippen molar-refractivity contribution in [1.82, 2.24) is 5.32 Å². The zero-order chi connectivity index (χ0) is 15.3. The predicted octanol–water partition coefficient (Wildman–Crippen LogP) is 2.48. The molecule has 5 heteroatoms. The van der Waals surface area contributed by atoms with Crippen LogP contribution in [0.15, 0.2) is 24.3 Å². The van der Waals surface area contributed by atoms with Crippen molar-refractivity contribution in [2.75, 3.05) is 11.4 Å². The number of anilines is 1. The van der Waals surface area contributed by atoms with Gasteiger partial charge in [0.1, 0.15) is 5.82 Å². The first kappa shape index (κ1) is 16.1. The lowest BCUT2D eigenvalue weighted by atomic mass is 10.1. The van der Waals surface area contributed by atoms with Crippen LogP contribution < -0.4 is 10.2 Å². The Morgan fingerprint density at radius 2 is 1.95 bits per heavy atom. The molecule has 1 rings (SSSR count). The number of carbonyl (C=O) groups excluding carboxylic acids is 2. The summed E-state index contributed by atoms with van der Waals surface area (Å²) < 4.78 is 13.2. The maximum absolute atomic E-state index is 13.2. The highest BCUT2D eigenvalue weighted by Crippen LogP contribution is 2.16. The fraction of sp³-hybridized carbons (Fsp3) is 0.467. The fourth-order valence-electron chi connectivity index (χ4n) is 1.81. The Morgan fingerprint density at radius 1 is 1.30 bits per heavy atom. The second-order valence-electron chi connectivity index (χ2n) is 5.70. The second-order valence-corrected chi connectivity index (χ2v) is 5.70. The molecule has 0 aliphatic carbocycles. The normalized spacial score (nSPS) is 11.1. The van der Waals surface area contributed by atoms with Crippen LogP contribution in [-0.4, -0.2) is 23.9 Å². The number of rotatable bonds is 4. The number of benzene rings is 1. The first-order valence-electron chi connectivity index (χ1n) is 6.54.